The van der Waals surface area contributed by atoms with Crippen molar-refractivity contribution >= 4 is 17.9 Å². The van der Waals surface area contributed by atoms with Crippen LogP contribution in [-0.4, -0.2) is 191 Å². The van der Waals surface area contributed by atoms with Crippen molar-refractivity contribution in [1.82, 2.24) is 10.2 Å². The highest BCUT2D eigenvalue weighted by molar-refractivity contribution is 5.74. The van der Waals surface area contributed by atoms with Crippen LogP contribution in [-0.2, 0) is 33.3 Å². The molecule has 14 unspecified atom stereocenters. The number of carbonyl (C=O) groups is 3. The number of carboxylic acids is 3. The number of rotatable bonds is 16. The molecule has 0 aliphatic carbocycles. The number of carboxylic acid groups (broad SMARTS) is 3. The molecule has 2 fully saturated rings. The summed E-state index contributed by atoms with van der Waals surface area (Å²) < 4.78 is 20.3. The van der Waals surface area contributed by atoms with Crippen molar-refractivity contribution in [2.75, 3.05) is 26.6 Å². The van der Waals surface area contributed by atoms with Gasteiger partial charge in [0.25, 0.3) is 0 Å². The van der Waals surface area contributed by atoms with E-state index in [0.29, 0.717) is 0 Å². The third-order valence-electron chi connectivity index (χ3n) is 6.68. The van der Waals surface area contributed by atoms with Crippen molar-refractivity contribution in [3.8, 4) is 0 Å². The van der Waals surface area contributed by atoms with Crippen LogP contribution in [0.15, 0.2) is 0 Å². The lowest BCUT2D eigenvalue weighted by Crippen LogP contribution is -2.66. The number of nitrogens with one attached hydrogen (secondary N) is 1. The zero-order valence-corrected chi connectivity index (χ0v) is 22.3. The smallest absolute Gasteiger partial charge is 0.335 e. The Bertz CT molecular complexity index is 931. The molecule has 0 radical (unpaired) electrons. The Morgan fingerprint density at radius 1 is 0.791 bits per heavy atom. The normalized spacial score (nSPS) is 36.1. The van der Waals surface area contributed by atoms with Crippen LogP contribution in [0.2, 0.25) is 0 Å². The molecule has 2 rings (SSSR count). The molecule has 2 aliphatic heterocycles. The Labute approximate surface area is 242 Å². The number of nitrogens with two attached hydrogens (primary N) is 2. The minimum absolute atomic E-state index is 0.0186. The van der Waals surface area contributed by atoms with Crippen LogP contribution in [0, 0.1) is 0 Å². The number of aliphatic hydroxyl groups is 8. The lowest BCUT2D eigenvalue weighted by atomic mass is 9.96. The molecular weight excluding hydrogens is 596 g/mol. The molecule has 0 amide bonds. The fourth-order valence-electron chi connectivity index (χ4n) is 4.17. The van der Waals surface area contributed by atoms with Gasteiger partial charge in [-0.1, -0.05) is 0 Å². The van der Waals surface area contributed by atoms with Crippen molar-refractivity contribution in [3.05, 3.63) is 0 Å². The van der Waals surface area contributed by atoms with Crippen LogP contribution in [0.25, 0.3) is 0 Å². The monoisotopic (exact) mass is 634 g/mol. The molecule has 43 heavy (non-hydrogen) atoms. The molecule has 0 aromatic rings. The van der Waals surface area contributed by atoms with Gasteiger partial charge < -0.3 is 91.9 Å². The molecule has 0 spiro atoms. The van der Waals surface area contributed by atoms with E-state index >= 15 is 0 Å². The van der Waals surface area contributed by atoms with Crippen LogP contribution < -0.4 is 16.8 Å². The molecule has 0 bridgehead atoms. The molecule has 14 atom stereocenters. The van der Waals surface area contributed by atoms with E-state index in [2.05, 4.69) is 5.32 Å². The van der Waals surface area contributed by atoms with Crippen molar-refractivity contribution in [3.63, 3.8) is 0 Å². The molecular formula is C21H38N4O18. The van der Waals surface area contributed by atoms with E-state index in [1.807, 2.05) is 0 Å². The molecule has 22 heteroatoms. The first kappa shape index (κ1) is 37.0. The van der Waals surface area contributed by atoms with Gasteiger partial charge in [0.15, 0.2) is 30.9 Å². The summed E-state index contributed by atoms with van der Waals surface area (Å²) in [6.07, 6.45) is -31.3. The van der Waals surface area contributed by atoms with Crippen LogP contribution in [0.1, 0.15) is 0 Å². The molecule has 0 aromatic carbocycles. The Hall–Kier alpha value is -2.23. The predicted molar refractivity (Wildman–Crippen MR) is 131 cm³/mol. The molecule has 0 saturated carbocycles. The van der Waals surface area contributed by atoms with Crippen molar-refractivity contribution in [2.45, 2.75) is 85.8 Å². The second kappa shape index (κ2) is 16.2. The Kier molecular flexibility index (Phi) is 13.9. The first-order valence-electron chi connectivity index (χ1n) is 12.6. The number of hydrogen-bond donors (Lipinski definition) is 14. The molecule has 16 N–H and O–H groups in total. The summed E-state index contributed by atoms with van der Waals surface area (Å²) in [6.45, 7) is -0.371. The molecule has 2 heterocycles. The van der Waals surface area contributed by atoms with Gasteiger partial charge >= 0.3 is 17.9 Å². The lowest BCUT2D eigenvalue weighted by molar-refractivity contribution is -0.358. The molecule has 250 valence electrons. The van der Waals surface area contributed by atoms with Gasteiger partial charge in [0.05, 0.1) is 12.8 Å². The average molecular weight is 635 g/mol. The summed E-state index contributed by atoms with van der Waals surface area (Å²) in [4.78, 5) is 36.2. The number of hydrogen-bond acceptors (Lipinski definition) is 19. The number of ether oxygens (including phenoxy) is 4. The molecule has 2 aliphatic rings. The van der Waals surface area contributed by atoms with E-state index in [-0.39, 0.29) is 20.0 Å². The third kappa shape index (κ3) is 8.92. The summed E-state index contributed by atoms with van der Waals surface area (Å²) in [5.41, 5.74) is 10.9. The van der Waals surface area contributed by atoms with Crippen LogP contribution in [0.3, 0.4) is 0 Å². The average Bonchev–Trinajstić information content (AvgIpc) is 2.96. The van der Waals surface area contributed by atoms with E-state index in [4.69, 9.17) is 30.4 Å². The maximum absolute atomic E-state index is 12.0. The number of aliphatic carboxylic acids is 3. The van der Waals surface area contributed by atoms with Gasteiger partial charge in [-0.05, 0) is 0 Å². The lowest BCUT2D eigenvalue weighted by Gasteiger charge is -2.45. The Morgan fingerprint density at radius 2 is 1.33 bits per heavy atom. The zero-order chi connectivity index (χ0) is 32.8. The summed E-state index contributed by atoms with van der Waals surface area (Å²) in [7, 11) is 0. The van der Waals surface area contributed by atoms with Gasteiger partial charge in [0.2, 0.25) is 0 Å². The van der Waals surface area contributed by atoms with Crippen molar-refractivity contribution in [2.24, 2.45) is 11.5 Å². The van der Waals surface area contributed by atoms with Gasteiger partial charge in [-0.15, -0.1) is 0 Å². The van der Waals surface area contributed by atoms with E-state index in [1.165, 1.54) is 4.90 Å². The number of nitrogens with zero attached hydrogens (tertiary/aromatic N) is 1. The van der Waals surface area contributed by atoms with Gasteiger partial charge in [-0.25, -0.2) is 14.4 Å². The summed E-state index contributed by atoms with van der Waals surface area (Å²) in [5.74, 6) is -5.68. The van der Waals surface area contributed by atoms with E-state index < -0.39 is 110 Å². The molecule has 0 aromatic heterocycles. The predicted octanol–water partition coefficient (Wildman–Crippen LogP) is -8.97. The van der Waals surface area contributed by atoms with Gasteiger partial charge in [0, 0.05) is 19.9 Å². The number of aliphatic hydroxyl groups excluding tert-OH is 8. The maximum Gasteiger partial charge on any atom is 0.335 e. The van der Waals surface area contributed by atoms with Gasteiger partial charge in [-0.3, -0.25) is 4.90 Å². The minimum atomic E-state index is -2.59. The van der Waals surface area contributed by atoms with Crippen molar-refractivity contribution in [1.29, 1.82) is 0 Å². The first-order valence-corrected chi connectivity index (χ1v) is 12.6. The molecule has 2 saturated heterocycles. The Balaban J connectivity index is 2.23. The highest BCUT2D eigenvalue weighted by atomic mass is 16.7. The maximum atomic E-state index is 12.0. The minimum Gasteiger partial charge on any atom is -0.479 e. The van der Waals surface area contributed by atoms with Crippen LogP contribution >= 0.6 is 0 Å². The standard InChI is InChI=1S/C21H38N4O18/c22-2-25(3-23)4-24-1-5(26)6(27)13(12(33)17(34)35)40-21-11(32)9(30)14(16(43-21)19(38)39)41-20-10(31)7(28)8(29)15(42-20)18(36)37/h5-16,20-21,24,26-33H,1-4,22-23H2,(H,34,35)(H,36,37)(H,38,39). The van der Waals surface area contributed by atoms with E-state index in [1.54, 1.807) is 0 Å². The summed E-state index contributed by atoms with van der Waals surface area (Å²) in [6, 6.07) is 0. The second-order valence-electron chi connectivity index (χ2n) is 9.67. The van der Waals surface area contributed by atoms with Crippen molar-refractivity contribution < 1.29 is 89.5 Å². The van der Waals surface area contributed by atoms with Gasteiger partial charge in [-0.2, -0.15) is 0 Å². The summed E-state index contributed by atoms with van der Waals surface area (Å²) in [5, 5.41) is 113. The fraction of sp³-hybridized carbons (Fsp3) is 0.857. The zero-order valence-electron chi connectivity index (χ0n) is 22.3. The topological polar surface area (TPSA) is 378 Å². The van der Waals surface area contributed by atoms with E-state index in [0.717, 1.165) is 0 Å². The first-order chi connectivity index (χ1) is 20.1. The van der Waals surface area contributed by atoms with Crippen LogP contribution in [0.5, 0.6) is 0 Å². The van der Waals surface area contributed by atoms with E-state index in [9.17, 15) is 70.6 Å². The molecule has 22 nitrogen and oxygen atoms in total. The highest BCUT2D eigenvalue weighted by Gasteiger charge is 2.55. The quantitative estimate of drug-likeness (QED) is 0.0700. The van der Waals surface area contributed by atoms with Gasteiger partial charge in [0.1, 0.15) is 48.8 Å². The summed E-state index contributed by atoms with van der Waals surface area (Å²) >= 11 is 0. The third-order valence-corrected chi connectivity index (χ3v) is 6.68. The fourth-order valence-corrected chi connectivity index (χ4v) is 4.17. The largest absolute Gasteiger partial charge is 0.479 e. The highest BCUT2D eigenvalue weighted by Crippen LogP contribution is 2.31. The van der Waals surface area contributed by atoms with Crippen LogP contribution in [0.4, 0.5) is 0 Å². The second-order valence-corrected chi connectivity index (χ2v) is 9.67. The Morgan fingerprint density at radius 3 is 1.84 bits per heavy atom. The SMILES string of the molecule is NCN(CN)CNCC(O)C(O)C(OC1OC(C(=O)O)C(OC2OC(C(=O)O)C(O)C(O)C2O)C(O)C1O)C(O)C(=O)O.